The molecule has 0 unspecified atom stereocenters. The third kappa shape index (κ3) is 1.34. The van der Waals surface area contributed by atoms with Crippen LogP contribution < -0.4 is 0 Å². The van der Waals surface area contributed by atoms with Crippen LogP contribution in [0.25, 0.3) is 0 Å². The summed E-state index contributed by atoms with van der Waals surface area (Å²) in [4.78, 5) is 0. The maximum atomic E-state index is 5.49. The van der Waals surface area contributed by atoms with Crippen LogP contribution >= 0.6 is 34.5 Å². The Kier molecular flexibility index (Phi) is 1.57. The van der Waals surface area contributed by atoms with Gasteiger partial charge in [0.05, 0.1) is 8.67 Å². The molecule has 0 radical (unpaired) electrons. The SMILES string of the molecule is Clc1ccc(Cl)s1. The molecule has 1 aromatic rings. The van der Waals surface area contributed by atoms with Crippen molar-refractivity contribution in [2.75, 3.05) is 0 Å². The van der Waals surface area contributed by atoms with E-state index in [1.165, 1.54) is 11.3 Å². The Bertz CT molecular complexity index is 142. The van der Waals surface area contributed by atoms with Crippen LogP contribution in [0.1, 0.15) is 0 Å². The van der Waals surface area contributed by atoms with Gasteiger partial charge in [0.25, 0.3) is 0 Å². The van der Waals surface area contributed by atoms with Gasteiger partial charge in [0.15, 0.2) is 0 Å². The summed E-state index contributed by atoms with van der Waals surface area (Å²) in [5, 5.41) is 0. The lowest BCUT2D eigenvalue weighted by Gasteiger charge is -1.66. The van der Waals surface area contributed by atoms with Crippen molar-refractivity contribution in [1.82, 2.24) is 0 Å². The maximum Gasteiger partial charge on any atom is 0.0944 e. The zero-order chi connectivity index (χ0) is 5.28. The second-order valence-corrected chi connectivity index (χ2v) is 3.39. The second kappa shape index (κ2) is 2.03. The van der Waals surface area contributed by atoms with E-state index in [9.17, 15) is 0 Å². The molecule has 0 aliphatic carbocycles. The van der Waals surface area contributed by atoms with Crippen molar-refractivity contribution in [2.45, 2.75) is 0 Å². The summed E-state index contributed by atoms with van der Waals surface area (Å²) in [6.07, 6.45) is 0. The third-order valence-electron chi connectivity index (χ3n) is 0.540. The molecule has 0 amide bonds. The predicted octanol–water partition coefficient (Wildman–Crippen LogP) is 3.05. The van der Waals surface area contributed by atoms with Gasteiger partial charge in [-0.05, 0) is 12.1 Å². The van der Waals surface area contributed by atoms with E-state index in [0.29, 0.717) is 0 Å². The van der Waals surface area contributed by atoms with Gasteiger partial charge in [-0.3, -0.25) is 0 Å². The fourth-order valence-corrected chi connectivity index (χ4v) is 1.49. The van der Waals surface area contributed by atoms with Gasteiger partial charge in [-0.25, -0.2) is 0 Å². The zero-order valence-corrected chi connectivity index (χ0v) is 5.65. The molecule has 1 aromatic heterocycles. The molecule has 1 rings (SSSR count). The van der Waals surface area contributed by atoms with Gasteiger partial charge in [0.1, 0.15) is 0 Å². The molecular formula is C4H2Cl2S. The maximum absolute atomic E-state index is 5.49. The smallest absolute Gasteiger partial charge is 0.0944 e. The van der Waals surface area contributed by atoms with E-state index in [1.54, 1.807) is 12.1 Å². The van der Waals surface area contributed by atoms with Crippen molar-refractivity contribution in [3.8, 4) is 0 Å². The summed E-state index contributed by atoms with van der Waals surface area (Å²) in [7, 11) is 0. The van der Waals surface area contributed by atoms with Gasteiger partial charge in [-0.15, -0.1) is 11.3 Å². The van der Waals surface area contributed by atoms with E-state index in [0.717, 1.165) is 8.67 Å². The Morgan fingerprint density at radius 3 is 1.71 bits per heavy atom. The van der Waals surface area contributed by atoms with Crippen molar-refractivity contribution in [2.24, 2.45) is 0 Å². The first kappa shape index (κ1) is 5.42. The normalized spacial score (nSPS) is 9.43. The van der Waals surface area contributed by atoms with Gasteiger partial charge in [0.2, 0.25) is 0 Å². The summed E-state index contributed by atoms with van der Waals surface area (Å²) in [5.74, 6) is 0. The van der Waals surface area contributed by atoms with E-state index < -0.39 is 0 Å². The highest BCUT2D eigenvalue weighted by Gasteiger charge is 1.89. The number of rotatable bonds is 0. The van der Waals surface area contributed by atoms with Crippen LogP contribution in [0.4, 0.5) is 0 Å². The van der Waals surface area contributed by atoms with Crippen molar-refractivity contribution in [3.05, 3.63) is 20.8 Å². The van der Waals surface area contributed by atoms with Gasteiger partial charge in [-0.1, -0.05) is 23.2 Å². The summed E-state index contributed by atoms with van der Waals surface area (Å²) in [6, 6.07) is 3.54. The number of hydrogen-bond acceptors (Lipinski definition) is 1. The van der Waals surface area contributed by atoms with Crippen LogP contribution in [0.5, 0.6) is 0 Å². The van der Waals surface area contributed by atoms with Crippen LogP contribution in [0.15, 0.2) is 12.1 Å². The molecule has 0 spiro atoms. The Hall–Kier alpha value is 0.280. The van der Waals surface area contributed by atoms with E-state index in [4.69, 9.17) is 23.2 Å². The molecular weight excluding hydrogens is 151 g/mol. The molecule has 7 heavy (non-hydrogen) atoms. The molecule has 0 bridgehead atoms. The molecule has 0 atom stereocenters. The second-order valence-electron chi connectivity index (χ2n) is 1.04. The third-order valence-corrected chi connectivity index (χ3v) is 1.92. The van der Waals surface area contributed by atoms with Crippen LogP contribution in [0.2, 0.25) is 8.67 Å². The Morgan fingerprint density at radius 2 is 1.57 bits per heavy atom. The molecule has 38 valence electrons. The van der Waals surface area contributed by atoms with Gasteiger partial charge < -0.3 is 0 Å². The molecule has 3 heteroatoms. The van der Waals surface area contributed by atoms with E-state index in [2.05, 4.69) is 0 Å². The topological polar surface area (TPSA) is 0 Å². The molecule has 0 saturated heterocycles. The lowest BCUT2D eigenvalue weighted by atomic mass is 10.7. The lowest BCUT2D eigenvalue weighted by Crippen LogP contribution is -1.30. The molecule has 0 nitrogen and oxygen atoms in total. The first-order chi connectivity index (χ1) is 3.29. The number of halogens is 2. The average molecular weight is 153 g/mol. The van der Waals surface area contributed by atoms with Crippen LogP contribution in [-0.4, -0.2) is 0 Å². The Labute approximate surface area is 55.7 Å². The van der Waals surface area contributed by atoms with Gasteiger partial charge in [0, 0.05) is 0 Å². The van der Waals surface area contributed by atoms with Crippen LogP contribution in [0.3, 0.4) is 0 Å². The lowest BCUT2D eigenvalue weighted by molar-refractivity contribution is 2.02. The largest absolute Gasteiger partial charge is 0.112 e. The van der Waals surface area contributed by atoms with E-state index in [-0.39, 0.29) is 0 Å². The summed E-state index contributed by atoms with van der Waals surface area (Å²) < 4.78 is 1.48. The molecule has 0 fully saturated rings. The highest BCUT2D eigenvalue weighted by Crippen LogP contribution is 2.24. The number of hydrogen-bond donors (Lipinski definition) is 0. The highest BCUT2D eigenvalue weighted by molar-refractivity contribution is 7.19. The summed E-state index contributed by atoms with van der Waals surface area (Å²) in [6.45, 7) is 0. The minimum Gasteiger partial charge on any atom is -0.112 e. The number of thiophene rings is 1. The average Bonchev–Trinajstić information content (AvgIpc) is 1.87. The standard InChI is InChI=1S/C4H2Cl2S/c5-3-1-2-4(6)7-3/h1-2H. The fourth-order valence-electron chi connectivity index (χ4n) is 0.292. The van der Waals surface area contributed by atoms with E-state index >= 15 is 0 Å². The van der Waals surface area contributed by atoms with Gasteiger partial charge >= 0.3 is 0 Å². The summed E-state index contributed by atoms with van der Waals surface area (Å²) in [5.41, 5.74) is 0. The molecule has 1 heterocycles. The molecule has 0 aliphatic rings. The van der Waals surface area contributed by atoms with Crippen LogP contribution in [0, 0.1) is 0 Å². The Balaban J connectivity index is 3.04. The quantitative estimate of drug-likeness (QED) is 0.537. The van der Waals surface area contributed by atoms with Gasteiger partial charge in [-0.2, -0.15) is 0 Å². The van der Waals surface area contributed by atoms with Crippen LogP contribution in [-0.2, 0) is 0 Å². The van der Waals surface area contributed by atoms with Crippen molar-refractivity contribution >= 4 is 34.5 Å². The molecule has 0 saturated carbocycles. The highest BCUT2D eigenvalue weighted by atomic mass is 35.5. The fraction of sp³-hybridized carbons (Fsp3) is 0. The monoisotopic (exact) mass is 152 g/mol. The molecule has 0 aromatic carbocycles. The summed E-state index contributed by atoms with van der Waals surface area (Å²) >= 11 is 12.4. The minimum atomic E-state index is 0.741. The Morgan fingerprint density at radius 1 is 1.14 bits per heavy atom. The van der Waals surface area contributed by atoms with Crippen molar-refractivity contribution in [1.29, 1.82) is 0 Å². The zero-order valence-electron chi connectivity index (χ0n) is 3.32. The van der Waals surface area contributed by atoms with Crippen molar-refractivity contribution in [3.63, 3.8) is 0 Å². The predicted molar refractivity (Wildman–Crippen MR) is 34.3 cm³/mol. The minimum absolute atomic E-state index is 0.741. The first-order valence-electron chi connectivity index (χ1n) is 1.70. The molecule has 0 N–H and O–H groups in total. The van der Waals surface area contributed by atoms with E-state index in [1.807, 2.05) is 0 Å². The van der Waals surface area contributed by atoms with Crippen molar-refractivity contribution < 1.29 is 0 Å². The molecule has 0 aliphatic heterocycles. The first-order valence-corrected chi connectivity index (χ1v) is 3.27.